The smallest absolute Gasteiger partial charge is 0.277 e. The lowest BCUT2D eigenvalue weighted by atomic mass is 10.1. The zero-order valence-electron chi connectivity index (χ0n) is 11.5. The van der Waals surface area contributed by atoms with Crippen LogP contribution in [0.2, 0.25) is 0 Å². The molecule has 21 heavy (non-hydrogen) atoms. The van der Waals surface area contributed by atoms with Crippen LogP contribution in [0.4, 0.5) is 5.69 Å². The van der Waals surface area contributed by atoms with E-state index >= 15 is 0 Å². The molecule has 8 nitrogen and oxygen atoms in total. The van der Waals surface area contributed by atoms with E-state index < -0.39 is 11.8 Å². The van der Waals surface area contributed by atoms with E-state index in [-0.39, 0.29) is 5.69 Å². The lowest BCUT2D eigenvalue weighted by molar-refractivity contribution is 0.0995. The molecule has 1 aromatic carbocycles. The Balaban J connectivity index is 2.19. The van der Waals surface area contributed by atoms with E-state index in [0.29, 0.717) is 29.9 Å². The van der Waals surface area contributed by atoms with Crippen molar-refractivity contribution in [2.24, 2.45) is 11.5 Å². The topological polar surface area (TPSA) is 129 Å². The average molecular weight is 288 g/mol. The van der Waals surface area contributed by atoms with Crippen LogP contribution in [0.25, 0.3) is 0 Å². The number of aromatic nitrogens is 3. The van der Waals surface area contributed by atoms with Gasteiger partial charge in [-0.25, -0.2) is 0 Å². The zero-order valence-corrected chi connectivity index (χ0v) is 11.5. The summed E-state index contributed by atoms with van der Waals surface area (Å²) in [6.07, 6.45) is 1.51. The first-order valence-corrected chi connectivity index (χ1v) is 6.34. The van der Waals surface area contributed by atoms with Crippen LogP contribution in [0, 0.1) is 6.92 Å². The van der Waals surface area contributed by atoms with Crippen LogP contribution in [0.15, 0.2) is 24.4 Å². The molecule has 0 spiro atoms. The molecule has 2 rings (SSSR count). The Kier molecular flexibility index (Phi) is 4.29. The van der Waals surface area contributed by atoms with Gasteiger partial charge < -0.3 is 16.8 Å². The van der Waals surface area contributed by atoms with E-state index in [0.717, 1.165) is 0 Å². The highest BCUT2D eigenvalue weighted by molar-refractivity contribution is 6.04. The van der Waals surface area contributed by atoms with Gasteiger partial charge in [0.15, 0.2) is 5.69 Å². The summed E-state index contributed by atoms with van der Waals surface area (Å²) in [6, 6.07) is 4.93. The summed E-state index contributed by atoms with van der Waals surface area (Å²) in [5.74, 6) is -0.958. The van der Waals surface area contributed by atoms with E-state index in [4.69, 9.17) is 11.5 Å². The summed E-state index contributed by atoms with van der Waals surface area (Å²) in [5, 5.41) is 10.2. The summed E-state index contributed by atoms with van der Waals surface area (Å²) in [7, 11) is 0. The summed E-state index contributed by atoms with van der Waals surface area (Å²) >= 11 is 0. The second-order valence-electron chi connectivity index (χ2n) is 4.45. The predicted molar refractivity (Wildman–Crippen MR) is 76.7 cm³/mol. The molecule has 8 heteroatoms. The molecule has 110 valence electrons. The minimum absolute atomic E-state index is 0.173. The van der Waals surface area contributed by atoms with E-state index in [1.54, 1.807) is 25.1 Å². The Labute approximate surface area is 121 Å². The summed E-state index contributed by atoms with van der Waals surface area (Å²) < 4.78 is 1.49. The van der Waals surface area contributed by atoms with Crippen LogP contribution in [0.1, 0.15) is 26.4 Å². The van der Waals surface area contributed by atoms with Crippen molar-refractivity contribution >= 4 is 17.5 Å². The lowest BCUT2D eigenvalue weighted by Gasteiger charge is -2.09. The number of anilines is 1. The van der Waals surface area contributed by atoms with Crippen molar-refractivity contribution in [2.75, 3.05) is 11.9 Å². The van der Waals surface area contributed by atoms with Crippen molar-refractivity contribution in [3.8, 4) is 0 Å². The van der Waals surface area contributed by atoms with Crippen LogP contribution in [-0.4, -0.2) is 33.4 Å². The molecule has 0 unspecified atom stereocenters. The predicted octanol–water partition coefficient (Wildman–Crippen LogP) is -0.104. The number of rotatable bonds is 5. The van der Waals surface area contributed by atoms with Gasteiger partial charge >= 0.3 is 0 Å². The first kappa shape index (κ1) is 14.7. The second kappa shape index (κ2) is 6.14. The highest BCUT2D eigenvalue weighted by Crippen LogP contribution is 2.19. The number of nitrogens with zero attached hydrogens (tertiary/aromatic N) is 3. The maximum absolute atomic E-state index is 12.1. The molecule has 2 amide bonds. The maximum Gasteiger partial charge on any atom is 0.277 e. The van der Waals surface area contributed by atoms with Crippen LogP contribution in [0.5, 0.6) is 0 Å². The molecule has 0 bridgehead atoms. The van der Waals surface area contributed by atoms with Crippen molar-refractivity contribution in [1.82, 2.24) is 15.0 Å². The molecule has 1 aromatic heterocycles. The SMILES string of the molecule is Cc1c(NC(=O)c2cn(CCN)nn2)cccc1C(N)=O. The molecule has 0 aliphatic carbocycles. The number of benzene rings is 1. The second-order valence-corrected chi connectivity index (χ2v) is 4.45. The maximum atomic E-state index is 12.1. The summed E-state index contributed by atoms with van der Waals surface area (Å²) in [6.45, 7) is 2.60. The van der Waals surface area contributed by atoms with Crippen molar-refractivity contribution < 1.29 is 9.59 Å². The zero-order chi connectivity index (χ0) is 15.4. The number of primary amides is 1. The number of hydrogen-bond donors (Lipinski definition) is 3. The van der Waals surface area contributed by atoms with Crippen molar-refractivity contribution in [3.05, 3.63) is 41.2 Å². The molecular weight excluding hydrogens is 272 g/mol. The molecule has 0 aliphatic rings. The lowest BCUT2D eigenvalue weighted by Crippen LogP contribution is -2.17. The quantitative estimate of drug-likeness (QED) is 0.707. The van der Waals surface area contributed by atoms with Crippen LogP contribution in [-0.2, 0) is 6.54 Å². The minimum atomic E-state index is -0.544. The fourth-order valence-corrected chi connectivity index (χ4v) is 1.87. The van der Waals surface area contributed by atoms with Gasteiger partial charge in [0.25, 0.3) is 5.91 Å². The molecule has 1 heterocycles. The van der Waals surface area contributed by atoms with Crippen molar-refractivity contribution in [3.63, 3.8) is 0 Å². The molecule has 0 aliphatic heterocycles. The fraction of sp³-hybridized carbons (Fsp3) is 0.231. The Bertz CT molecular complexity index is 679. The third-order valence-corrected chi connectivity index (χ3v) is 2.98. The number of carbonyl (C=O) groups is 2. The van der Waals surface area contributed by atoms with Gasteiger partial charge in [0.2, 0.25) is 5.91 Å². The van der Waals surface area contributed by atoms with Gasteiger partial charge in [-0.05, 0) is 24.6 Å². The fourth-order valence-electron chi connectivity index (χ4n) is 1.87. The van der Waals surface area contributed by atoms with Gasteiger partial charge in [-0.1, -0.05) is 11.3 Å². The number of amides is 2. The van der Waals surface area contributed by atoms with Gasteiger partial charge in [-0.15, -0.1) is 5.10 Å². The van der Waals surface area contributed by atoms with E-state index in [1.807, 2.05) is 0 Å². The van der Waals surface area contributed by atoms with Crippen LogP contribution >= 0.6 is 0 Å². The normalized spacial score (nSPS) is 10.4. The Morgan fingerprint density at radius 1 is 1.38 bits per heavy atom. The summed E-state index contributed by atoms with van der Waals surface area (Å²) in [4.78, 5) is 23.4. The Hall–Kier alpha value is -2.74. The first-order valence-electron chi connectivity index (χ1n) is 6.34. The van der Waals surface area contributed by atoms with E-state index in [2.05, 4.69) is 15.6 Å². The van der Waals surface area contributed by atoms with E-state index in [9.17, 15) is 9.59 Å². The number of hydrogen-bond acceptors (Lipinski definition) is 5. The van der Waals surface area contributed by atoms with Gasteiger partial charge in [0.05, 0.1) is 12.7 Å². The molecular formula is C13H16N6O2. The van der Waals surface area contributed by atoms with Gasteiger partial charge in [-0.2, -0.15) is 0 Å². The molecule has 2 aromatic rings. The van der Waals surface area contributed by atoms with Gasteiger partial charge in [-0.3, -0.25) is 14.3 Å². The molecule has 5 N–H and O–H groups in total. The van der Waals surface area contributed by atoms with Crippen molar-refractivity contribution in [1.29, 1.82) is 0 Å². The van der Waals surface area contributed by atoms with Crippen LogP contribution < -0.4 is 16.8 Å². The minimum Gasteiger partial charge on any atom is -0.366 e. The molecule has 0 saturated carbocycles. The first-order chi connectivity index (χ1) is 10.0. The van der Waals surface area contributed by atoms with Gasteiger partial charge in [0, 0.05) is 17.8 Å². The molecule has 0 radical (unpaired) electrons. The average Bonchev–Trinajstić information content (AvgIpc) is 2.90. The Morgan fingerprint density at radius 2 is 2.14 bits per heavy atom. The third kappa shape index (κ3) is 3.23. The largest absolute Gasteiger partial charge is 0.366 e. The van der Waals surface area contributed by atoms with Gasteiger partial charge in [0.1, 0.15) is 0 Å². The Morgan fingerprint density at radius 3 is 2.81 bits per heavy atom. The number of carbonyl (C=O) groups excluding carboxylic acids is 2. The standard InChI is InChI=1S/C13H16N6O2/c1-8-9(12(15)20)3-2-4-10(8)16-13(21)11-7-19(6-5-14)18-17-11/h2-4,7H,5-6,14H2,1H3,(H2,15,20)(H,16,21). The third-order valence-electron chi connectivity index (χ3n) is 2.98. The molecule has 0 saturated heterocycles. The highest BCUT2D eigenvalue weighted by atomic mass is 16.2. The molecule has 0 atom stereocenters. The highest BCUT2D eigenvalue weighted by Gasteiger charge is 2.14. The van der Waals surface area contributed by atoms with Crippen LogP contribution in [0.3, 0.4) is 0 Å². The summed E-state index contributed by atoms with van der Waals surface area (Å²) in [5.41, 5.74) is 12.3. The number of nitrogens with two attached hydrogens (primary N) is 2. The number of nitrogens with one attached hydrogen (secondary N) is 1. The van der Waals surface area contributed by atoms with Crippen molar-refractivity contribution in [2.45, 2.75) is 13.5 Å². The monoisotopic (exact) mass is 288 g/mol. The molecule has 0 fully saturated rings. The van der Waals surface area contributed by atoms with E-state index in [1.165, 1.54) is 10.9 Å².